The Morgan fingerprint density at radius 2 is 1.57 bits per heavy atom. The smallest absolute Gasteiger partial charge is 0.236 e. The number of rotatable bonds is 3. The SMILES string of the molecule is O=C(CN1CCCCCCOc2ccccc2Oc2ncccc2C1)N1CCN(c2ccccn2)CC1. The Labute approximate surface area is 218 Å². The lowest BCUT2D eigenvalue weighted by Crippen LogP contribution is -2.51. The zero-order chi connectivity index (χ0) is 25.3. The van der Waals surface area contributed by atoms with Crippen LogP contribution in [-0.4, -0.2) is 71.6 Å². The molecule has 2 aromatic heterocycles. The van der Waals surface area contributed by atoms with Gasteiger partial charge in [-0.3, -0.25) is 9.69 Å². The summed E-state index contributed by atoms with van der Waals surface area (Å²) in [5.41, 5.74) is 0.960. The highest BCUT2D eigenvalue weighted by Gasteiger charge is 2.24. The van der Waals surface area contributed by atoms with Crippen LogP contribution in [-0.2, 0) is 11.3 Å². The van der Waals surface area contributed by atoms with Gasteiger partial charge in [-0.1, -0.05) is 37.1 Å². The monoisotopic (exact) mass is 501 g/mol. The normalized spacial score (nSPS) is 17.5. The molecule has 1 fully saturated rings. The van der Waals surface area contributed by atoms with Gasteiger partial charge in [0.15, 0.2) is 11.5 Å². The Morgan fingerprint density at radius 1 is 0.784 bits per heavy atom. The molecule has 3 aromatic rings. The quantitative estimate of drug-likeness (QED) is 0.528. The minimum absolute atomic E-state index is 0.173. The number of amides is 1. The Kier molecular flexibility index (Phi) is 8.48. The summed E-state index contributed by atoms with van der Waals surface area (Å²) in [7, 11) is 0. The maximum atomic E-state index is 13.3. The minimum Gasteiger partial charge on any atom is -0.490 e. The van der Waals surface area contributed by atoms with Crippen molar-refractivity contribution in [2.45, 2.75) is 32.2 Å². The molecule has 0 radical (unpaired) electrons. The van der Waals surface area contributed by atoms with Crippen LogP contribution in [0.4, 0.5) is 5.82 Å². The van der Waals surface area contributed by atoms with Crippen LogP contribution in [0.3, 0.4) is 0 Å². The van der Waals surface area contributed by atoms with Crippen molar-refractivity contribution in [3.63, 3.8) is 0 Å². The summed E-state index contributed by atoms with van der Waals surface area (Å²) < 4.78 is 12.2. The molecular formula is C29H35N5O3. The van der Waals surface area contributed by atoms with E-state index in [-0.39, 0.29) is 5.91 Å². The lowest BCUT2D eigenvalue weighted by molar-refractivity contribution is -0.132. The van der Waals surface area contributed by atoms with E-state index in [1.807, 2.05) is 65.7 Å². The first-order chi connectivity index (χ1) is 18.3. The highest BCUT2D eigenvalue weighted by Crippen LogP contribution is 2.32. The molecule has 194 valence electrons. The third-order valence-electron chi connectivity index (χ3n) is 6.89. The fourth-order valence-corrected chi connectivity index (χ4v) is 4.84. The minimum atomic E-state index is 0.173. The van der Waals surface area contributed by atoms with Crippen molar-refractivity contribution in [2.75, 3.05) is 50.8 Å². The van der Waals surface area contributed by atoms with E-state index in [0.29, 0.717) is 44.4 Å². The van der Waals surface area contributed by atoms with Crippen molar-refractivity contribution in [3.05, 3.63) is 72.6 Å². The van der Waals surface area contributed by atoms with Crippen molar-refractivity contribution < 1.29 is 14.3 Å². The Hall–Kier alpha value is -3.65. The van der Waals surface area contributed by atoms with Crippen LogP contribution in [0, 0.1) is 0 Å². The van der Waals surface area contributed by atoms with Crippen molar-refractivity contribution in [2.24, 2.45) is 0 Å². The molecule has 5 rings (SSSR count). The van der Waals surface area contributed by atoms with Crippen molar-refractivity contribution in [1.29, 1.82) is 0 Å². The molecule has 1 amide bonds. The van der Waals surface area contributed by atoms with Gasteiger partial charge in [0.05, 0.1) is 13.2 Å². The molecule has 1 aromatic carbocycles. The first-order valence-electron chi connectivity index (χ1n) is 13.3. The number of pyridine rings is 2. The van der Waals surface area contributed by atoms with Gasteiger partial charge in [0, 0.05) is 50.7 Å². The van der Waals surface area contributed by atoms with E-state index in [2.05, 4.69) is 19.8 Å². The summed E-state index contributed by atoms with van der Waals surface area (Å²) in [5, 5.41) is 0. The van der Waals surface area contributed by atoms with Gasteiger partial charge < -0.3 is 19.3 Å². The predicted molar refractivity (Wildman–Crippen MR) is 143 cm³/mol. The number of ether oxygens (including phenoxy) is 2. The van der Waals surface area contributed by atoms with Gasteiger partial charge in [-0.05, 0) is 49.7 Å². The highest BCUT2D eigenvalue weighted by molar-refractivity contribution is 5.78. The molecule has 1 saturated heterocycles. The molecule has 8 nitrogen and oxygen atoms in total. The fourth-order valence-electron chi connectivity index (χ4n) is 4.84. The number of aromatic nitrogens is 2. The Balaban J connectivity index is 1.27. The van der Waals surface area contributed by atoms with Gasteiger partial charge in [0.1, 0.15) is 5.82 Å². The number of hydrogen-bond acceptors (Lipinski definition) is 7. The average Bonchev–Trinajstić information content (AvgIpc) is 2.94. The van der Waals surface area contributed by atoms with Crippen LogP contribution < -0.4 is 14.4 Å². The molecule has 0 atom stereocenters. The van der Waals surface area contributed by atoms with E-state index < -0.39 is 0 Å². The number of carbonyl (C=O) groups excluding carboxylic acids is 1. The van der Waals surface area contributed by atoms with Crippen LogP contribution in [0.1, 0.15) is 31.2 Å². The number of fused-ring (bicyclic) bond motifs is 2. The second-order valence-corrected chi connectivity index (χ2v) is 9.55. The molecule has 37 heavy (non-hydrogen) atoms. The third kappa shape index (κ3) is 6.77. The summed E-state index contributed by atoms with van der Waals surface area (Å²) in [5.74, 6) is 3.09. The first-order valence-corrected chi connectivity index (χ1v) is 13.3. The van der Waals surface area contributed by atoms with E-state index in [1.165, 1.54) is 0 Å². The van der Waals surface area contributed by atoms with Gasteiger partial charge in [-0.2, -0.15) is 0 Å². The molecule has 0 N–H and O–H groups in total. The molecule has 8 heteroatoms. The largest absolute Gasteiger partial charge is 0.490 e. The number of nitrogens with zero attached hydrogens (tertiary/aromatic N) is 5. The number of anilines is 1. The third-order valence-corrected chi connectivity index (χ3v) is 6.89. The zero-order valence-corrected chi connectivity index (χ0v) is 21.3. The van der Waals surface area contributed by atoms with E-state index >= 15 is 0 Å². The van der Waals surface area contributed by atoms with Crippen LogP contribution >= 0.6 is 0 Å². The maximum absolute atomic E-state index is 13.3. The van der Waals surface area contributed by atoms with E-state index in [1.54, 1.807) is 6.20 Å². The number of carbonyl (C=O) groups is 1. The predicted octanol–water partition coefficient (Wildman–Crippen LogP) is 4.37. The number of benzene rings is 1. The molecule has 0 saturated carbocycles. The van der Waals surface area contributed by atoms with Crippen LogP contribution in [0.5, 0.6) is 17.4 Å². The second kappa shape index (κ2) is 12.5. The van der Waals surface area contributed by atoms with Crippen LogP contribution in [0.25, 0.3) is 0 Å². The average molecular weight is 502 g/mol. The molecule has 2 aliphatic rings. The molecule has 2 aliphatic heterocycles. The van der Waals surface area contributed by atoms with Crippen LogP contribution in [0.15, 0.2) is 67.0 Å². The molecule has 0 unspecified atom stereocenters. The van der Waals surface area contributed by atoms with Crippen LogP contribution in [0.2, 0.25) is 0 Å². The topological polar surface area (TPSA) is 71.0 Å². The molecular weight excluding hydrogens is 466 g/mol. The molecule has 0 bridgehead atoms. The second-order valence-electron chi connectivity index (χ2n) is 9.55. The van der Waals surface area contributed by atoms with Crippen molar-refractivity contribution >= 4 is 11.7 Å². The summed E-state index contributed by atoms with van der Waals surface area (Å²) >= 11 is 0. The summed E-state index contributed by atoms with van der Waals surface area (Å²) in [6, 6.07) is 17.6. The van der Waals surface area contributed by atoms with Gasteiger partial charge in [0.25, 0.3) is 0 Å². The van der Waals surface area contributed by atoms with E-state index in [4.69, 9.17) is 9.47 Å². The summed E-state index contributed by atoms with van der Waals surface area (Å²) in [4.78, 5) is 28.8. The Morgan fingerprint density at radius 3 is 2.41 bits per heavy atom. The summed E-state index contributed by atoms with van der Waals surface area (Å²) in [6.45, 7) is 5.51. The van der Waals surface area contributed by atoms with Gasteiger partial charge >= 0.3 is 0 Å². The lowest BCUT2D eigenvalue weighted by atomic mass is 10.1. The zero-order valence-electron chi connectivity index (χ0n) is 21.3. The number of para-hydroxylation sites is 2. The standard InChI is InChI=1S/C29H35N5O3/c35-28(34-19-17-33(18-20-34)27-13-5-6-14-30-27)23-32-16-7-1-2-8-21-36-25-11-3-4-12-26(25)37-29-24(22-32)10-9-15-31-29/h3-6,9-15H,1-2,7-8,16-23H2. The number of hydrogen-bond donors (Lipinski definition) is 0. The first kappa shape index (κ1) is 25.0. The fraction of sp³-hybridized carbons (Fsp3) is 0.414. The molecule has 0 spiro atoms. The molecule has 4 heterocycles. The highest BCUT2D eigenvalue weighted by atomic mass is 16.5. The molecule has 0 aliphatic carbocycles. The van der Waals surface area contributed by atoms with Gasteiger partial charge in [-0.25, -0.2) is 9.97 Å². The van der Waals surface area contributed by atoms with Gasteiger partial charge in [-0.15, -0.1) is 0 Å². The maximum Gasteiger partial charge on any atom is 0.236 e. The summed E-state index contributed by atoms with van der Waals surface area (Å²) in [6.07, 6.45) is 7.78. The van der Waals surface area contributed by atoms with E-state index in [0.717, 1.165) is 62.4 Å². The van der Waals surface area contributed by atoms with Crippen molar-refractivity contribution in [1.82, 2.24) is 19.8 Å². The van der Waals surface area contributed by atoms with Crippen molar-refractivity contribution in [3.8, 4) is 17.4 Å². The van der Waals surface area contributed by atoms with Gasteiger partial charge in [0.2, 0.25) is 11.8 Å². The van der Waals surface area contributed by atoms with E-state index in [9.17, 15) is 4.79 Å². The number of piperazine rings is 1. The Bertz CT molecular complexity index is 1150. The lowest BCUT2D eigenvalue weighted by Gasteiger charge is -2.36.